The van der Waals surface area contributed by atoms with Gasteiger partial charge in [-0.1, -0.05) is 31.5 Å². The maximum atomic E-state index is 12.8. The molecule has 0 spiro atoms. The number of benzene rings is 3. The summed E-state index contributed by atoms with van der Waals surface area (Å²) in [6.07, 6.45) is 1.91. The maximum Gasteiger partial charge on any atom is 0.345 e. The van der Waals surface area contributed by atoms with Crippen LogP contribution in [0, 0.1) is 0 Å². The van der Waals surface area contributed by atoms with Crippen molar-refractivity contribution in [1.82, 2.24) is 5.06 Å². The highest BCUT2D eigenvalue weighted by Crippen LogP contribution is 2.52. The summed E-state index contributed by atoms with van der Waals surface area (Å²) < 4.78 is 35.0. The Morgan fingerprint density at radius 2 is 1.62 bits per heavy atom. The minimum Gasteiger partial charge on any atom is -0.503 e. The summed E-state index contributed by atoms with van der Waals surface area (Å²) in [6, 6.07) is 14.5. The summed E-state index contributed by atoms with van der Waals surface area (Å²) in [5.41, 5.74) is 1.51. The number of nitrogens with one attached hydrogen (secondary N) is 1. The molecule has 11 nitrogen and oxygen atoms in total. The van der Waals surface area contributed by atoms with Crippen LogP contribution in [0.1, 0.15) is 55.9 Å². The highest BCUT2D eigenvalue weighted by Gasteiger charge is 2.34. The van der Waals surface area contributed by atoms with Gasteiger partial charge in [0, 0.05) is 16.2 Å². The van der Waals surface area contributed by atoms with Crippen molar-refractivity contribution in [3.05, 3.63) is 59.7 Å². The fourth-order valence-electron chi connectivity index (χ4n) is 5.13. The molecule has 45 heavy (non-hydrogen) atoms. The number of hydrogen-bond acceptors (Lipinski definition) is 10. The molecule has 12 heteroatoms. The number of hydroxylamine groups is 2. The van der Waals surface area contributed by atoms with E-state index in [1.54, 1.807) is 39.2 Å². The molecule has 0 bridgehead atoms. The molecule has 1 saturated heterocycles. The van der Waals surface area contributed by atoms with E-state index in [-0.39, 0.29) is 29.8 Å². The maximum absolute atomic E-state index is 12.8. The summed E-state index contributed by atoms with van der Waals surface area (Å²) >= 11 is 1.64. The second-order valence-corrected chi connectivity index (χ2v) is 11.5. The number of ether oxygens (including phenoxy) is 6. The van der Waals surface area contributed by atoms with Crippen molar-refractivity contribution in [3.8, 4) is 34.5 Å². The van der Waals surface area contributed by atoms with Gasteiger partial charge >= 0.3 is 6.03 Å². The molecule has 2 atom stereocenters. The van der Waals surface area contributed by atoms with Gasteiger partial charge in [0.15, 0.2) is 23.0 Å². The monoisotopic (exact) mass is 642 g/mol. The molecule has 2 amide bonds. The lowest BCUT2D eigenvalue weighted by molar-refractivity contribution is -0.0379. The third-order valence-electron chi connectivity index (χ3n) is 7.41. The molecule has 3 N–H and O–H groups in total. The zero-order chi connectivity index (χ0) is 32.3. The quantitative estimate of drug-likeness (QED) is 0.0514. The van der Waals surface area contributed by atoms with Crippen LogP contribution < -0.4 is 29.0 Å². The van der Waals surface area contributed by atoms with Crippen LogP contribution in [0.4, 0.5) is 10.5 Å². The van der Waals surface area contributed by atoms with E-state index >= 15 is 0 Å². The van der Waals surface area contributed by atoms with Gasteiger partial charge in [-0.3, -0.25) is 5.21 Å². The van der Waals surface area contributed by atoms with Crippen molar-refractivity contribution < 1.29 is 43.5 Å². The van der Waals surface area contributed by atoms with Crippen LogP contribution in [0.3, 0.4) is 0 Å². The number of carbonyl (C=O) groups is 1. The highest BCUT2D eigenvalue weighted by molar-refractivity contribution is 7.99. The van der Waals surface area contributed by atoms with E-state index in [1.807, 2.05) is 49.4 Å². The molecule has 0 aromatic heterocycles. The minimum atomic E-state index is -0.776. The molecular weight excluding hydrogens is 600 g/mol. The van der Waals surface area contributed by atoms with Crippen molar-refractivity contribution in [2.75, 3.05) is 52.7 Å². The molecule has 244 valence electrons. The standard InChI is InChI=1S/C33H42N2O9S/c1-6-7-15-35(38)33(37)34-24-20-23(30(32(42-5)29(24)36)43-16-17-45-22-11-9-8-10-12-22)26-14-13-25(44-26)21-18-27(39-2)31(41-4)28(19-21)40-3/h8-12,18-20,25-26,36,38H,6-7,13-17H2,1-5H3,(H,34,37). The van der Waals surface area contributed by atoms with Crippen molar-refractivity contribution in [1.29, 1.82) is 0 Å². The largest absolute Gasteiger partial charge is 0.503 e. The normalized spacial score (nSPS) is 15.8. The molecule has 4 rings (SSSR count). The van der Waals surface area contributed by atoms with E-state index in [0.29, 0.717) is 65.2 Å². The van der Waals surface area contributed by atoms with Gasteiger partial charge in [0.1, 0.15) is 0 Å². The molecule has 1 fully saturated rings. The number of phenols is 1. The first-order valence-electron chi connectivity index (χ1n) is 14.8. The summed E-state index contributed by atoms with van der Waals surface area (Å²) in [7, 11) is 6.10. The van der Waals surface area contributed by atoms with Crippen LogP contribution in [0.25, 0.3) is 0 Å². The second-order valence-electron chi connectivity index (χ2n) is 10.3. The lowest BCUT2D eigenvalue weighted by atomic mass is 10.0. The number of urea groups is 1. The van der Waals surface area contributed by atoms with E-state index in [2.05, 4.69) is 5.32 Å². The molecule has 2 unspecified atom stereocenters. The van der Waals surface area contributed by atoms with E-state index in [0.717, 1.165) is 16.9 Å². The Kier molecular flexibility index (Phi) is 12.3. The smallest absolute Gasteiger partial charge is 0.345 e. The zero-order valence-electron chi connectivity index (χ0n) is 26.3. The molecule has 1 heterocycles. The number of rotatable bonds is 15. The number of amides is 2. The molecule has 1 aliphatic heterocycles. The third-order valence-corrected chi connectivity index (χ3v) is 8.39. The van der Waals surface area contributed by atoms with Crippen molar-refractivity contribution in [2.24, 2.45) is 0 Å². The molecule has 0 aliphatic carbocycles. The Morgan fingerprint density at radius 3 is 2.24 bits per heavy atom. The number of phenolic OH excluding ortho intramolecular Hbond substituents is 1. The lowest BCUT2D eigenvalue weighted by Crippen LogP contribution is -2.32. The lowest BCUT2D eigenvalue weighted by Gasteiger charge is -2.23. The van der Waals surface area contributed by atoms with E-state index in [1.165, 1.54) is 7.11 Å². The molecule has 3 aromatic carbocycles. The highest BCUT2D eigenvalue weighted by atomic mass is 32.2. The van der Waals surface area contributed by atoms with Crippen molar-refractivity contribution in [2.45, 2.75) is 49.7 Å². The van der Waals surface area contributed by atoms with Crippen LogP contribution in [-0.4, -0.2) is 68.8 Å². The van der Waals surface area contributed by atoms with Gasteiger partial charge in [-0.25, -0.2) is 9.86 Å². The molecule has 0 saturated carbocycles. The second kappa shape index (κ2) is 16.4. The first-order valence-corrected chi connectivity index (χ1v) is 15.8. The van der Waals surface area contributed by atoms with Crippen LogP contribution in [0.5, 0.6) is 34.5 Å². The molecular formula is C33H42N2O9S. The van der Waals surface area contributed by atoms with Gasteiger partial charge in [-0.15, -0.1) is 11.8 Å². The predicted molar refractivity (Wildman–Crippen MR) is 172 cm³/mol. The minimum absolute atomic E-state index is 0.0606. The topological polar surface area (TPSA) is 128 Å². The summed E-state index contributed by atoms with van der Waals surface area (Å²) in [5.74, 6) is 2.24. The van der Waals surface area contributed by atoms with Crippen LogP contribution in [0.2, 0.25) is 0 Å². The van der Waals surface area contributed by atoms with Gasteiger partial charge in [-0.05, 0) is 55.2 Å². The Bertz CT molecular complexity index is 1400. The van der Waals surface area contributed by atoms with Gasteiger partial charge in [0.2, 0.25) is 11.5 Å². The van der Waals surface area contributed by atoms with Gasteiger partial charge in [0.05, 0.1) is 59.5 Å². The summed E-state index contributed by atoms with van der Waals surface area (Å²) in [4.78, 5) is 13.9. The number of anilines is 1. The van der Waals surface area contributed by atoms with Crippen LogP contribution in [-0.2, 0) is 4.74 Å². The molecule has 1 aliphatic rings. The fraction of sp³-hybridized carbons (Fsp3) is 0.424. The molecule has 3 aromatic rings. The predicted octanol–water partition coefficient (Wildman–Crippen LogP) is 7.21. The third kappa shape index (κ3) is 8.19. The van der Waals surface area contributed by atoms with Crippen LogP contribution in [0.15, 0.2) is 53.4 Å². The number of carbonyl (C=O) groups excluding carboxylic acids is 1. The Balaban J connectivity index is 1.65. The summed E-state index contributed by atoms with van der Waals surface area (Å²) in [6.45, 7) is 2.42. The van der Waals surface area contributed by atoms with E-state index in [9.17, 15) is 15.1 Å². The zero-order valence-corrected chi connectivity index (χ0v) is 27.1. The Hall–Kier alpha value is -4.00. The van der Waals surface area contributed by atoms with Gasteiger partial charge < -0.3 is 38.8 Å². The number of thioether (sulfide) groups is 1. The van der Waals surface area contributed by atoms with Crippen molar-refractivity contribution >= 4 is 23.5 Å². The first kappa shape index (κ1) is 33.9. The Labute approximate surface area is 268 Å². The van der Waals surface area contributed by atoms with E-state index < -0.39 is 12.1 Å². The number of nitrogens with zero attached hydrogens (tertiary/aromatic N) is 1. The first-order chi connectivity index (χ1) is 21.8. The number of aromatic hydroxyl groups is 1. The fourth-order valence-corrected chi connectivity index (χ4v) is 5.88. The van der Waals surface area contributed by atoms with E-state index in [4.69, 9.17) is 28.4 Å². The van der Waals surface area contributed by atoms with Crippen LogP contribution >= 0.6 is 11.8 Å². The average molecular weight is 643 g/mol. The Morgan fingerprint density at radius 1 is 0.956 bits per heavy atom. The number of unbranched alkanes of at least 4 members (excludes halogenated alkanes) is 1. The molecule has 0 radical (unpaired) electrons. The van der Waals surface area contributed by atoms with Gasteiger partial charge in [-0.2, -0.15) is 0 Å². The van der Waals surface area contributed by atoms with Crippen molar-refractivity contribution in [3.63, 3.8) is 0 Å². The SMILES string of the molecule is CCCCN(O)C(=O)Nc1cc(C2CCC(c3cc(OC)c(OC)c(OC)c3)O2)c(OCCSc2ccccc2)c(OC)c1O. The van der Waals surface area contributed by atoms with Gasteiger partial charge in [0.25, 0.3) is 0 Å². The number of hydrogen-bond donors (Lipinski definition) is 3. The average Bonchev–Trinajstić information content (AvgIpc) is 3.56. The summed E-state index contributed by atoms with van der Waals surface area (Å²) in [5, 5.41) is 24.6. The number of methoxy groups -OCH3 is 4.